The van der Waals surface area contributed by atoms with E-state index in [2.05, 4.69) is 13.8 Å². The normalized spacial score (nSPS) is 17.5. The summed E-state index contributed by atoms with van der Waals surface area (Å²) >= 11 is 0. The fourth-order valence-electron chi connectivity index (χ4n) is 8.56. The van der Waals surface area contributed by atoms with Crippen LogP contribution >= 0.6 is 0 Å². The maximum absolute atomic E-state index is 14.3. The molecule has 0 fully saturated rings. The third kappa shape index (κ3) is 4.74. The van der Waals surface area contributed by atoms with Crippen LogP contribution in [-0.4, -0.2) is 79.2 Å². The molecule has 12 heteroatoms. The van der Waals surface area contributed by atoms with E-state index in [4.69, 9.17) is 0 Å². The third-order valence-electron chi connectivity index (χ3n) is 11.3. The predicted molar refractivity (Wildman–Crippen MR) is 197 cm³/mol. The minimum absolute atomic E-state index is 0.0590. The van der Waals surface area contributed by atoms with Gasteiger partial charge in [0.1, 0.15) is 0 Å². The molecule has 0 bridgehead atoms. The smallest absolute Gasteiger partial charge is 0.272 e. The summed E-state index contributed by atoms with van der Waals surface area (Å²) in [6, 6.07) is 10.5. The van der Waals surface area contributed by atoms with E-state index in [1.54, 1.807) is 0 Å². The maximum Gasteiger partial charge on any atom is 0.281 e. The molecule has 0 N–H and O–H groups in total. The van der Waals surface area contributed by atoms with Crippen molar-refractivity contribution < 1.29 is 38.4 Å². The number of rotatable bonds is 11. The Balaban J connectivity index is 1.17. The minimum atomic E-state index is -0.986. The lowest BCUT2D eigenvalue weighted by Gasteiger charge is -2.39. The van der Waals surface area contributed by atoms with Crippen LogP contribution in [-0.2, 0) is 0 Å². The Labute approximate surface area is 310 Å². The Kier molecular flexibility index (Phi) is 8.31. The van der Waals surface area contributed by atoms with E-state index in [0.29, 0.717) is 22.9 Å². The predicted octanol–water partition coefficient (Wildman–Crippen LogP) is 6.93. The number of unbranched alkanes of at least 4 members (excludes halogenated alkanes) is 4. The van der Waals surface area contributed by atoms with Crippen LogP contribution in [0.4, 0.5) is 0 Å². The van der Waals surface area contributed by atoms with E-state index in [1.807, 2.05) is 13.8 Å². The number of amides is 8. The zero-order valence-electron chi connectivity index (χ0n) is 30.5. The highest BCUT2D eigenvalue weighted by Gasteiger charge is 2.48. The molecule has 0 saturated heterocycles. The van der Waals surface area contributed by atoms with E-state index in [-0.39, 0.29) is 78.1 Å². The van der Waals surface area contributed by atoms with Crippen LogP contribution < -0.4 is 0 Å². The van der Waals surface area contributed by atoms with E-state index in [9.17, 15) is 38.4 Å². The van der Waals surface area contributed by atoms with Crippen molar-refractivity contribution >= 4 is 68.8 Å². The van der Waals surface area contributed by atoms with Gasteiger partial charge in [-0.05, 0) is 75.2 Å². The molecule has 8 rings (SSSR count). The Morgan fingerprint density at radius 2 is 0.593 bits per heavy atom. The van der Waals surface area contributed by atoms with Gasteiger partial charge in [0.05, 0.1) is 22.3 Å². The Hall–Kier alpha value is -6.04. The second kappa shape index (κ2) is 12.8. The van der Waals surface area contributed by atoms with Crippen molar-refractivity contribution in [2.45, 2.75) is 91.1 Å². The monoisotopic (exact) mass is 726 g/mol. The lowest BCUT2D eigenvalue weighted by Crippen LogP contribution is -2.58. The summed E-state index contributed by atoms with van der Waals surface area (Å²) < 4.78 is 0. The highest BCUT2D eigenvalue weighted by atomic mass is 16.2. The van der Waals surface area contributed by atoms with E-state index < -0.39 is 47.3 Å². The van der Waals surface area contributed by atoms with Crippen LogP contribution in [0.1, 0.15) is 162 Å². The second-order valence-corrected chi connectivity index (χ2v) is 14.6. The van der Waals surface area contributed by atoms with Crippen LogP contribution in [0.15, 0.2) is 48.5 Å². The summed E-state index contributed by atoms with van der Waals surface area (Å²) in [5.74, 6) is -6.03. The highest BCUT2D eigenvalue weighted by molar-refractivity contribution is 6.37. The molecule has 4 aromatic carbocycles. The Bertz CT molecular complexity index is 2140. The lowest BCUT2D eigenvalue weighted by atomic mass is 9.85. The Morgan fingerprint density at radius 3 is 0.815 bits per heavy atom. The summed E-state index contributed by atoms with van der Waals surface area (Å²) in [6.45, 7) is 7.78. The first kappa shape index (κ1) is 35.0. The van der Waals surface area contributed by atoms with Crippen molar-refractivity contribution in [2.24, 2.45) is 0 Å². The van der Waals surface area contributed by atoms with Gasteiger partial charge in [-0.15, -0.1) is 0 Å². The number of benzene rings is 4. The van der Waals surface area contributed by atoms with Crippen molar-refractivity contribution in [3.05, 3.63) is 93.0 Å². The molecular weight excluding hydrogens is 688 g/mol. The van der Waals surface area contributed by atoms with E-state index in [0.717, 1.165) is 38.5 Å². The number of nitrogens with zero attached hydrogens (tertiary/aromatic N) is 4. The van der Waals surface area contributed by atoms with Crippen molar-refractivity contribution in [3.8, 4) is 0 Å². The van der Waals surface area contributed by atoms with Gasteiger partial charge in [0.15, 0.2) is 0 Å². The lowest BCUT2D eigenvalue weighted by molar-refractivity contribution is 0.00211. The fourth-order valence-corrected chi connectivity index (χ4v) is 8.56. The molecule has 4 aromatic rings. The quantitative estimate of drug-likeness (QED) is 0.119. The van der Waals surface area contributed by atoms with E-state index in [1.165, 1.54) is 58.3 Å². The molecule has 0 radical (unpaired) electrons. The first-order valence-corrected chi connectivity index (χ1v) is 18.7. The molecule has 0 spiro atoms. The first-order chi connectivity index (χ1) is 25.9. The summed E-state index contributed by atoms with van der Waals surface area (Å²) in [6.07, 6.45) is 6.84. The molecular formula is C42H38N4O8. The summed E-state index contributed by atoms with van der Waals surface area (Å²) in [5.41, 5.74) is 0.480. The molecule has 4 aliphatic rings. The molecule has 2 unspecified atom stereocenters. The van der Waals surface area contributed by atoms with Crippen LogP contribution in [0, 0.1) is 0 Å². The molecule has 274 valence electrons. The molecule has 0 aliphatic carbocycles. The van der Waals surface area contributed by atoms with Crippen LogP contribution in [0.25, 0.3) is 21.5 Å². The van der Waals surface area contributed by atoms with Crippen molar-refractivity contribution in [3.63, 3.8) is 0 Å². The van der Waals surface area contributed by atoms with Gasteiger partial charge in [0.25, 0.3) is 47.3 Å². The van der Waals surface area contributed by atoms with Crippen molar-refractivity contribution in [1.29, 1.82) is 0 Å². The van der Waals surface area contributed by atoms with Gasteiger partial charge in [-0.2, -0.15) is 10.0 Å². The number of carbonyl (C=O) groups is 8. The first-order valence-electron chi connectivity index (χ1n) is 18.7. The molecule has 12 nitrogen and oxygen atoms in total. The third-order valence-corrected chi connectivity index (χ3v) is 11.3. The zero-order valence-corrected chi connectivity index (χ0v) is 30.5. The summed E-state index contributed by atoms with van der Waals surface area (Å²) in [4.78, 5) is 115. The molecule has 4 heterocycles. The topological polar surface area (TPSA) is 150 Å². The summed E-state index contributed by atoms with van der Waals surface area (Å²) in [5, 5.41) is 1.58. The van der Waals surface area contributed by atoms with Gasteiger partial charge >= 0.3 is 0 Å². The molecule has 2 atom stereocenters. The maximum atomic E-state index is 14.3. The van der Waals surface area contributed by atoms with Gasteiger partial charge < -0.3 is 0 Å². The number of hydrazine groups is 1. The molecule has 0 saturated carbocycles. The van der Waals surface area contributed by atoms with Crippen LogP contribution in [0.5, 0.6) is 0 Å². The van der Waals surface area contributed by atoms with Gasteiger partial charge in [-0.1, -0.05) is 52.4 Å². The molecule has 54 heavy (non-hydrogen) atoms. The van der Waals surface area contributed by atoms with Crippen LogP contribution in [0.3, 0.4) is 0 Å². The number of carbonyl (C=O) groups excluding carboxylic acids is 8. The summed E-state index contributed by atoms with van der Waals surface area (Å²) in [7, 11) is 0. The average molecular weight is 727 g/mol. The largest absolute Gasteiger partial charge is 0.281 e. The van der Waals surface area contributed by atoms with Gasteiger partial charge in [0, 0.05) is 55.9 Å². The van der Waals surface area contributed by atoms with Gasteiger partial charge in [0.2, 0.25) is 0 Å². The molecule has 4 aliphatic heterocycles. The second-order valence-electron chi connectivity index (χ2n) is 14.6. The number of hydrogen-bond donors (Lipinski definition) is 0. The standard InChI is InChI=1S/C42H38N4O8/c1-5-7-9-11-21(3)43-35(47)23-13-17-27-33-28(18-14-24(31(23)33)36(43)48)40(52)45(39(27)51)46-41(53)29-19-15-25-32-26(16-20-30(34(29)32)42(46)54)38(50)44(37(25)49)22(4)12-10-8-6-2/h13-22H,5-12H2,1-4H3. The minimum Gasteiger partial charge on any atom is -0.272 e. The van der Waals surface area contributed by atoms with Crippen LogP contribution in [0.2, 0.25) is 0 Å². The van der Waals surface area contributed by atoms with E-state index >= 15 is 0 Å². The van der Waals surface area contributed by atoms with Gasteiger partial charge in [-0.3, -0.25) is 48.2 Å². The van der Waals surface area contributed by atoms with Crippen molar-refractivity contribution in [1.82, 2.24) is 19.8 Å². The molecule has 8 amide bonds. The fraction of sp³-hybridized carbons (Fsp3) is 0.333. The number of imide groups is 4. The zero-order chi connectivity index (χ0) is 38.3. The highest BCUT2D eigenvalue weighted by Crippen LogP contribution is 2.42. The average Bonchev–Trinajstić information content (AvgIpc) is 3.15. The molecule has 0 aromatic heterocycles. The Morgan fingerprint density at radius 1 is 0.370 bits per heavy atom. The van der Waals surface area contributed by atoms with Gasteiger partial charge in [-0.25, -0.2) is 0 Å². The number of hydrogen-bond acceptors (Lipinski definition) is 8. The van der Waals surface area contributed by atoms with Crippen molar-refractivity contribution in [2.75, 3.05) is 0 Å². The SMILES string of the molecule is CCCCCC(C)N1C(=O)c2ccc3c4c(ccc(c24)C1=O)C(=O)N(N1C(=O)c2ccc4c5c(ccc(c25)C1=O)C(=O)N(C(C)CCCCC)C4=O)C3=O.